The lowest BCUT2D eigenvalue weighted by Gasteiger charge is -2.13. The number of hydrogen-bond acceptors (Lipinski definition) is 5. The maximum absolute atomic E-state index is 11.9. The first kappa shape index (κ1) is 15.4. The van der Waals surface area contributed by atoms with Gasteiger partial charge in [0.15, 0.2) is 0 Å². The first-order valence-corrected chi connectivity index (χ1v) is 7.09. The summed E-state index contributed by atoms with van der Waals surface area (Å²) >= 11 is 0. The van der Waals surface area contributed by atoms with E-state index in [-0.39, 0.29) is 18.6 Å². The summed E-state index contributed by atoms with van der Waals surface area (Å²) in [4.78, 5) is 20.4. The molecule has 7 heteroatoms. The number of aryl methyl sites for hydroxylation is 2. The van der Waals surface area contributed by atoms with Crippen molar-refractivity contribution in [1.29, 1.82) is 0 Å². The van der Waals surface area contributed by atoms with Gasteiger partial charge in [-0.05, 0) is 39.2 Å². The molecule has 2 N–H and O–H groups in total. The lowest BCUT2D eigenvalue weighted by atomic mass is 10.1. The van der Waals surface area contributed by atoms with Crippen molar-refractivity contribution >= 4 is 11.7 Å². The first-order chi connectivity index (χ1) is 10.0. The highest BCUT2D eigenvalue weighted by Crippen LogP contribution is 2.14. The van der Waals surface area contributed by atoms with E-state index in [1.54, 1.807) is 4.52 Å². The van der Waals surface area contributed by atoms with Crippen molar-refractivity contribution in [1.82, 2.24) is 24.9 Å². The number of hydrogen-bond donors (Lipinski definition) is 2. The van der Waals surface area contributed by atoms with Gasteiger partial charge in [0.05, 0.1) is 0 Å². The van der Waals surface area contributed by atoms with E-state index in [1.165, 1.54) is 6.33 Å². The van der Waals surface area contributed by atoms with Crippen LogP contribution in [0.3, 0.4) is 0 Å². The van der Waals surface area contributed by atoms with E-state index in [0.29, 0.717) is 25.0 Å². The summed E-state index contributed by atoms with van der Waals surface area (Å²) in [7, 11) is 0. The van der Waals surface area contributed by atoms with Crippen molar-refractivity contribution in [2.24, 2.45) is 0 Å². The Kier molecular flexibility index (Phi) is 4.85. The van der Waals surface area contributed by atoms with Gasteiger partial charge in [-0.1, -0.05) is 0 Å². The number of nitrogens with one attached hydrogen (secondary N) is 1. The Balaban J connectivity index is 2.04. The molecule has 0 aliphatic rings. The van der Waals surface area contributed by atoms with Gasteiger partial charge in [-0.15, -0.1) is 0 Å². The molecule has 2 aromatic heterocycles. The zero-order valence-corrected chi connectivity index (χ0v) is 12.6. The maximum atomic E-state index is 11.9. The number of aliphatic hydroxyl groups excluding tert-OH is 1. The third kappa shape index (κ3) is 3.55. The molecule has 0 aromatic carbocycles. The predicted octanol–water partition coefficient (Wildman–Crippen LogP) is 0.561. The summed E-state index contributed by atoms with van der Waals surface area (Å²) in [6.45, 7) is 5.83. The second-order valence-corrected chi connectivity index (χ2v) is 5.21. The van der Waals surface area contributed by atoms with Crippen LogP contribution in [0, 0.1) is 13.8 Å². The van der Waals surface area contributed by atoms with Crippen LogP contribution in [0.25, 0.3) is 5.78 Å². The number of carbonyl (C=O) groups excluding carboxylic acids is 1. The van der Waals surface area contributed by atoms with Crippen LogP contribution in [0.15, 0.2) is 6.33 Å². The highest BCUT2D eigenvalue weighted by molar-refractivity contribution is 5.76. The minimum atomic E-state index is -0.0200. The minimum Gasteiger partial charge on any atom is -0.396 e. The average Bonchev–Trinajstić information content (AvgIpc) is 2.86. The number of aliphatic hydroxyl groups is 1. The molecule has 7 nitrogen and oxygen atoms in total. The molecule has 2 heterocycles. The maximum Gasteiger partial charge on any atom is 0.252 e. The molecule has 2 rings (SSSR count). The Morgan fingerprint density at radius 1 is 1.48 bits per heavy atom. The van der Waals surface area contributed by atoms with Crippen molar-refractivity contribution in [2.75, 3.05) is 6.61 Å². The molecule has 0 aliphatic heterocycles. The van der Waals surface area contributed by atoms with Crippen molar-refractivity contribution in [3.8, 4) is 0 Å². The number of carbonyl (C=O) groups is 1. The summed E-state index contributed by atoms with van der Waals surface area (Å²) in [6, 6.07) is -0.0133. The van der Waals surface area contributed by atoms with E-state index < -0.39 is 0 Å². The summed E-state index contributed by atoms with van der Waals surface area (Å²) in [5.41, 5.74) is 2.87. The van der Waals surface area contributed by atoms with Crippen molar-refractivity contribution in [3.05, 3.63) is 23.3 Å². The van der Waals surface area contributed by atoms with Gasteiger partial charge < -0.3 is 10.4 Å². The molecule has 0 bridgehead atoms. The second kappa shape index (κ2) is 6.62. The van der Waals surface area contributed by atoms with Crippen molar-refractivity contribution < 1.29 is 9.90 Å². The number of amides is 1. The first-order valence-electron chi connectivity index (χ1n) is 7.09. The normalized spacial score (nSPS) is 12.6. The van der Waals surface area contributed by atoms with E-state index in [9.17, 15) is 4.79 Å². The molecule has 2 aromatic rings. The fourth-order valence-electron chi connectivity index (χ4n) is 2.37. The SMILES string of the molecule is Cc1nc2ncnn2c(C)c1CCC(=O)NC(C)CCO. The second-order valence-electron chi connectivity index (χ2n) is 5.21. The molecule has 1 amide bonds. The molecule has 0 saturated carbocycles. The zero-order valence-electron chi connectivity index (χ0n) is 12.6. The Hall–Kier alpha value is -2.02. The number of aromatic nitrogens is 4. The average molecular weight is 291 g/mol. The molecule has 21 heavy (non-hydrogen) atoms. The Morgan fingerprint density at radius 3 is 2.95 bits per heavy atom. The van der Waals surface area contributed by atoms with E-state index in [2.05, 4.69) is 20.4 Å². The largest absolute Gasteiger partial charge is 0.396 e. The van der Waals surface area contributed by atoms with Gasteiger partial charge in [0.2, 0.25) is 5.91 Å². The number of nitrogens with zero attached hydrogens (tertiary/aromatic N) is 4. The molecule has 0 spiro atoms. The molecular weight excluding hydrogens is 270 g/mol. The molecule has 114 valence electrons. The van der Waals surface area contributed by atoms with Crippen molar-refractivity contribution in [2.45, 2.75) is 46.1 Å². The Morgan fingerprint density at radius 2 is 2.24 bits per heavy atom. The lowest BCUT2D eigenvalue weighted by molar-refractivity contribution is -0.121. The van der Waals surface area contributed by atoms with Crippen LogP contribution in [0.4, 0.5) is 0 Å². The standard InChI is InChI=1S/C14H21N5O2/c1-9(6-7-20)17-13(21)5-4-12-10(2)18-14-15-8-16-19(14)11(12)3/h8-9,20H,4-7H2,1-3H3,(H,17,21). The molecular formula is C14H21N5O2. The fraction of sp³-hybridized carbons (Fsp3) is 0.571. The monoisotopic (exact) mass is 291 g/mol. The van der Waals surface area contributed by atoms with Gasteiger partial charge in [0.1, 0.15) is 6.33 Å². The summed E-state index contributed by atoms with van der Waals surface area (Å²) < 4.78 is 1.69. The Bertz CT molecular complexity index is 638. The van der Waals surface area contributed by atoms with Gasteiger partial charge in [-0.3, -0.25) is 4.79 Å². The third-order valence-corrected chi connectivity index (χ3v) is 3.56. The lowest BCUT2D eigenvalue weighted by Crippen LogP contribution is -2.33. The van der Waals surface area contributed by atoms with Crippen LogP contribution < -0.4 is 5.32 Å². The van der Waals surface area contributed by atoms with Crippen LogP contribution in [-0.4, -0.2) is 43.2 Å². The van der Waals surface area contributed by atoms with Gasteiger partial charge in [0, 0.05) is 30.5 Å². The quantitative estimate of drug-likeness (QED) is 0.811. The highest BCUT2D eigenvalue weighted by atomic mass is 16.3. The smallest absolute Gasteiger partial charge is 0.252 e. The van der Waals surface area contributed by atoms with Gasteiger partial charge in [-0.2, -0.15) is 10.1 Å². The van der Waals surface area contributed by atoms with Crippen LogP contribution in [0.2, 0.25) is 0 Å². The van der Waals surface area contributed by atoms with Crippen LogP contribution in [0.1, 0.15) is 36.7 Å². The molecule has 0 fully saturated rings. The molecule has 0 saturated heterocycles. The molecule has 1 atom stereocenters. The van der Waals surface area contributed by atoms with E-state index in [4.69, 9.17) is 5.11 Å². The minimum absolute atomic E-state index is 0.0133. The van der Waals surface area contributed by atoms with E-state index in [0.717, 1.165) is 17.0 Å². The van der Waals surface area contributed by atoms with Crippen LogP contribution >= 0.6 is 0 Å². The van der Waals surface area contributed by atoms with Crippen LogP contribution in [0.5, 0.6) is 0 Å². The molecule has 0 aliphatic carbocycles. The van der Waals surface area contributed by atoms with Gasteiger partial charge in [-0.25, -0.2) is 9.50 Å². The van der Waals surface area contributed by atoms with E-state index >= 15 is 0 Å². The van der Waals surface area contributed by atoms with E-state index in [1.807, 2.05) is 20.8 Å². The Labute approximate surface area is 123 Å². The topological polar surface area (TPSA) is 92.4 Å². The third-order valence-electron chi connectivity index (χ3n) is 3.56. The van der Waals surface area contributed by atoms with Gasteiger partial charge >= 0.3 is 0 Å². The highest BCUT2D eigenvalue weighted by Gasteiger charge is 2.13. The van der Waals surface area contributed by atoms with Gasteiger partial charge in [0.25, 0.3) is 5.78 Å². The van der Waals surface area contributed by atoms with Crippen LogP contribution in [-0.2, 0) is 11.2 Å². The fourth-order valence-corrected chi connectivity index (χ4v) is 2.37. The molecule has 1 unspecified atom stereocenters. The number of rotatable bonds is 6. The summed E-state index contributed by atoms with van der Waals surface area (Å²) in [5, 5.41) is 15.8. The van der Waals surface area contributed by atoms with Crippen molar-refractivity contribution in [3.63, 3.8) is 0 Å². The number of fused-ring (bicyclic) bond motifs is 1. The summed E-state index contributed by atoms with van der Waals surface area (Å²) in [6.07, 6.45) is 3.04. The predicted molar refractivity (Wildman–Crippen MR) is 77.9 cm³/mol. The summed E-state index contributed by atoms with van der Waals surface area (Å²) in [5.74, 6) is 0.559. The molecule has 0 radical (unpaired) electrons. The zero-order chi connectivity index (χ0) is 15.4.